The summed E-state index contributed by atoms with van der Waals surface area (Å²) in [6.45, 7) is 6.76. The molecule has 1 N–H and O–H groups in total. The number of amides is 1. The molecule has 2 rings (SSSR count). The average Bonchev–Trinajstić information content (AvgIpc) is 3.22. The van der Waals surface area contributed by atoms with Gasteiger partial charge in [-0.05, 0) is 30.7 Å². The number of hydrogen-bond acceptors (Lipinski definition) is 4. The normalized spacial score (nSPS) is 11.2. The second-order valence-electron chi connectivity index (χ2n) is 8.64. The maximum atomic E-state index is 11.8. The Morgan fingerprint density at radius 1 is 1.00 bits per heavy atom. The smallest absolute Gasteiger partial charge is 0.246 e. The lowest BCUT2D eigenvalue weighted by Crippen LogP contribution is -2.22. The van der Waals surface area contributed by atoms with Crippen LogP contribution in [0.5, 0.6) is 0 Å². The Hall–Kier alpha value is -2.17. The van der Waals surface area contributed by atoms with E-state index in [2.05, 4.69) is 60.5 Å². The van der Waals surface area contributed by atoms with E-state index in [1.165, 1.54) is 56.9 Å². The van der Waals surface area contributed by atoms with Crippen molar-refractivity contribution in [3.05, 3.63) is 35.7 Å². The minimum absolute atomic E-state index is 0.0220. The Morgan fingerprint density at radius 3 is 2.33 bits per heavy atom. The first-order chi connectivity index (χ1) is 14.6. The molecule has 1 heterocycles. The molecule has 0 aliphatic heterocycles. The van der Waals surface area contributed by atoms with E-state index >= 15 is 0 Å². The molecular formula is C25H39N3O2. The largest absolute Gasteiger partial charge is 0.347 e. The van der Waals surface area contributed by atoms with Crippen LogP contribution in [-0.2, 0) is 17.8 Å². The van der Waals surface area contributed by atoms with Crippen LogP contribution >= 0.6 is 0 Å². The number of nitrogens with zero attached hydrogens (tertiary/aromatic N) is 2. The molecule has 2 aromatic rings. The Bertz CT molecular complexity index is 722. The molecule has 1 amide bonds. The zero-order valence-electron chi connectivity index (χ0n) is 19.1. The van der Waals surface area contributed by atoms with Gasteiger partial charge in [0.25, 0.3) is 0 Å². The zero-order chi connectivity index (χ0) is 21.6. The molecule has 0 bridgehead atoms. The lowest BCUT2D eigenvalue weighted by molar-refractivity contribution is -0.121. The van der Waals surface area contributed by atoms with Crippen LogP contribution in [0.4, 0.5) is 0 Å². The summed E-state index contributed by atoms with van der Waals surface area (Å²) >= 11 is 0. The molecule has 5 heteroatoms. The summed E-state index contributed by atoms with van der Waals surface area (Å²) in [5.41, 5.74) is 2.29. The molecule has 0 saturated heterocycles. The van der Waals surface area contributed by atoms with E-state index in [1.807, 2.05) is 0 Å². The molecule has 1 aromatic carbocycles. The molecule has 0 radical (unpaired) electrons. The summed E-state index contributed by atoms with van der Waals surface area (Å²) < 4.78 is 5.28. The first kappa shape index (κ1) is 24.1. The lowest BCUT2D eigenvalue weighted by Gasteiger charge is -2.04. The van der Waals surface area contributed by atoms with Crippen LogP contribution in [0.3, 0.4) is 0 Å². The zero-order valence-corrected chi connectivity index (χ0v) is 19.1. The standard InChI is InChI=1S/C25H39N3O2/c1-4-5-6-7-8-9-10-11-12-21-14-16-22(17-15-21)25-27-24(30-28-25)19-26-23(29)18-13-20(2)3/h14-17,20H,4-13,18-19H2,1-3H3,(H,26,29). The van der Waals surface area contributed by atoms with Gasteiger partial charge in [0.15, 0.2) is 0 Å². The third-order valence-electron chi connectivity index (χ3n) is 5.38. The summed E-state index contributed by atoms with van der Waals surface area (Å²) in [6.07, 6.45) is 13.3. The first-order valence-electron chi connectivity index (χ1n) is 11.8. The van der Waals surface area contributed by atoms with Crippen molar-refractivity contribution < 1.29 is 9.32 Å². The molecule has 1 aromatic heterocycles. The van der Waals surface area contributed by atoms with Crippen molar-refractivity contribution in [1.29, 1.82) is 0 Å². The molecule has 0 aliphatic rings. The Labute approximate surface area is 182 Å². The molecule has 0 aliphatic carbocycles. The number of nitrogens with one attached hydrogen (secondary N) is 1. The van der Waals surface area contributed by atoms with Crippen molar-refractivity contribution in [2.45, 2.75) is 97.9 Å². The predicted octanol–water partition coefficient (Wildman–Crippen LogP) is 6.47. The number of aryl methyl sites for hydroxylation is 1. The molecule has 0 saturated carbocycles. The van der Waals surface area contributed by atoms with Crippen molar-refractivity contribution in [3.63, 3.8) is 0 Å². The highest BCUT2D eigenvalue weighted by atomic mass is 16.5. The van der Waals surface area contributed by atoms with Crippen LogP contribution in [0.25, 0.3) is 11.4 Å². The van der Waals surface area contributed by atoms with E-state index in [-0.39, 0.29) is 12.5 Å². The SMILES string of the molecule is CCCCCCCCCCc1ccc(-c2noc(CNC(=O)CCC(C)C)n2)cc1. The van der Waals surface area contributed by atoms with E-state index in [0.29, 0.717) is 24.1 Å². The van der Waals surface area contributed by atoms with Gasteiger partial charge in [-0.1, -0.05) is 95.1 Å². The number of carbonyl (C=O) groups excluding carboxylic acids is 1. The number of hydrogen-bond donors (Lipinski definition) is 1. The Morgan fingerprint density at radius 2 is 1.67 bits per heavy atom. The second-order valence-corrected chi connectivity index (χ2v) is 8.64. The monoisotopic (exact) mass is 413 g/mol. The van der Waals surface area contributed by atoms with Gasteiger partial charge in [-0.25, -0.2) is 0 Å². The second kappa shape index (κ2) is 13.9. The van der Waals surface area contributed by atoms with E-state index in [0.717, 1.165) is 18.4 Å². The van der Waals surface area contributed by atoms with Crippen molar-refractivity contribution in [3.8, 4) is 11.4 Å². The van der Waals surface area contributed by atoms with Crippen LogP contribution in [0.15, 0.2) is 28.8 Å². The van der Waals surface area contributed by atoms with Crippen LogP contribution in [-0.4, -0.2) is 16.0 Å². The van der Waals surface area contributed by atoms with Gasteiger partial charge < -0.3 is 9.84 Å². The van der Waals surface area contributed by atoms with Crippen LogP contribution < -0.4 is 5.32 Å². The van der Waals surface area contributed by atoms with Crippen LogP contribution in [0, 0.1) is 5.92 Å². The molecule has 30 heavy (non-hydrogen) atoms. The third kappa shape index (κ3) is 9.55. The first-order valence-corrected chi connectivity index (χ1v) is 11.8. The minimum atomic E-state index is 0.0220. The van der Waals surface area contributed by atoms with E-state index in [9.17, 15) is 4.79 Å². The van der Waals surface area contributed by atoms with Crippen molar-refractivity contribution >= 4 is 5.91 Å². The van der Waals surface area contributed by atoms with Gasteiger partial charge in [-0.2, -0.15) is 4.98 Å². The van der Waals surface area contributed by atoms with Gasteiger partial charge in [0.2, 0.25) is 17.6 Å². The summed E-state index contributed by atoms with van der Waals surface area (Å²) in [5.74, 6) is 1.55. The van der Waals surface area contributed by atoms with Gasteiger partial charge in [0, 0.05) is 12.0 Å². The van der Waals surface area contributed by atoms with E-state index in [4.69, 9.17) is 4.52 Å². The number of aromatic nitrogens is 2. The maximum absolute atomic E-state index is 11.8. The fraction of sp³-hybridized carbons (Fsp3) is 0.640. The number of benzene rings is 1. The highest BCUT2D eigenvalue weighted by Gasteiger charge is 2.10. The van der Waals surface area contributed by atoms with Crippen LogP contribution in [0.1, 0.15) is 96.4 Å². The van der Waals surface area contributed by atoms with E-state index in [1.54, 1.807) is 0 Å². The van der Waals surface area contributed by atoms with Gasteiger partial charge in [-0.3, -0.25) is 4.79 Å². The summed E-state index contributed by atoms with van der Waals surface area (Å²) in [7, 11) is 0. The van der Waals surface area contributed by atoms with Gasteiger partial charge in [-0.15, -0.1) is 0 Å². The van der Waals surface area contributed by atoms with Gasteiger partial charge in [0.1, 0.15) is 0 Å². The summed E-state index contributed by atoms with van der Waals surface area (Å²) in [4.78, 5) is 16.2. The summed E-state index contributed by atoms with van der Waals surface area (Å²) in [6, 6.07) is 8.41. The number of unbranched alkanes of at least 4 members (excludes halogenated alkanes) is 7. The van der Waals surface area contributed by atoms with Crippen molar-refractivity contribution in [2.24, 2.45) is 5.92 Å². The average molecular weight is 414 g/mol. The quantitative estimate of drug-likeness (QED) is 0.340. The highest BCUT2D eigenvalue weighted by Crippen LogP contribution is 2.18. The molecule has 0 spiro atoms. The molecular weight excluding hydrogens is 374 g/mol. The molecule has 0 atom stereocenters. The molecule has 5 nitrogen and oxygen atoms in total. The molecule has 166 valence electrons. The fourth-order valence-electron chi connectivity index (χ4n) is 3.41. The molecule has 0 unspecified atom stereocenters. The third-order valence-corrected chi connectivity index (χ3v) is 5.38. The minimum Gasteiger partial charge on any atom is -0.347 e. The van der Waals surface area contributed by atoms with Crippen LogP contribution in [0.2, 0.25) is 0 Å². The fourth-order valence-corrected chi connectivity index (χ4v) is 3.41. The summed E-state index contributed by atoms with van der Waals surface area (Å²) in [5, 5.41) is 6.89. The molecule has 0 fully saturated rings. The number of rotatable bonds is 15. The van der Waals surface area contributed by atoms with Crippen molar-refractivity contribution in [1.82, 2.24) is 15.5 Å². The highest BCUT2D eigenvalue weighted by molar-refractivity contribution is 5.75. The Balaban J connectivity index is 1.69. The number of carbonyl (C=O) groups is 1. The van der Waals surface area contributed by atoms with Crippen molar-refractivity contribution in [2.75, 3.05) is 0 Å². The Kier molecular flexibility index (Phi) is 11.2. The van der Waals surface area contributed by atoms with Gasteiger partial charge in [0.05, 0.1) is 6.54 Å². The van der Waals surface area contributed by atoms with Gasteiger partial charge >= 0.3 is 0 Å². The maximum Gasteiger partial charge on any atom is 0.246 e. The van der Waals surface area contributed by atoms with E-state index < -0.39 is 0 Å². The predicted molar refractivity (Wildman–Crippen MR) is 122 cm³/mol. The topological polar surface area (TPSA) is 68.0 Å². The lowest BCUT2D eigenvalue weighted by atomic mass is 10.0.